The normalized spacial score (nSPS) is 28.4. The molecule has 1 amide bonds. The molecule has 0 saturated heterocycles. The molecule has 2 fully saturated rings. The summed E-state index contributed by atoms with van der Waals surface area (Å²) < 4.78 is 0. The minimum absolute atomic E-state index is 0.118. The largest absolute Gasteiger partial charge is 0.372 e. The Morgan fingerprint density at radius 1 is 1.37 bits per heavy atom. The van der Waals surface area contributed by atoms with Crippen LogP contribution in [0.25, 0.3) is 0 Å². The fraction of sp³-hybridized carbons (Fsp3) is 0.643. The van der Waals surface area contributed by atoms with Crippen molar-refractivity contribution in [1.82, 2.24) is 15.3 Å². The van der Waals surface area contributed by atoms with Crippen LogP contribution in [0.15, 0.2) is 12.4 Å². The van der Waals surface area contributed by atoms with Gasteiger partial charge in [0.25, 0.3) is 5.91 Å². The van der Waals surface area contributed by atoms with E-state index in [1.807, 2.05) is 0 Å². The minimum atomic E-state index is -0.118. The fourth-order valence-electron chi connectivity index (χ4n) is 3.54. The quantitative estimate of drug-likeness (QED) is 0.864. The van der Waals surface area contributed by atoms with E-state index in [4.69, 9.17) is 0 Å². The van der Waals surface area contributed by atoms with Gasteiger partial charge in [-0.05, 0) is 37.0 Å². The SMILES string of the molecule is CNc1cncc(C(=O)NCC2CC3CCC2C3)n1. The molecular weight excluding hydrogens is 240 g/mol. The first-order chi connectivity index (χ1) is 9.26. The zero-order chi connectivity index (χ0) is 13.2. The van der Waals surface area contributed by atoms with Gasteiger partial charge in [-0.15, -0.1) is 0 Å². The number of amides is 1. The lowest BCUT2D eigenvalue weighted by Crippen LogP contribution is -2.32. The molecule has 3 atom stereocenters. The van der Waals surface area contributed by atoms with Crippen LogP contribution in [0.1, 0.15) is 36.2 Å². The number of anilines is 1. The van der Waals surface area contributed by atoms with E-state index in [2.05, 4.69) is 20.6 Å². The van der Waals surface area contributed by atoms with Gasteiger partial charge in [-0.3, -0.25) is 9.78 Å². The third-order valence-corrected chi connectivity index (χ3v) is 4.53. The molecule has 2 N–H and O–H groups in total. The van der Waals surface area contributed by atoms with Crippen LogP contribution in [0, 0.1) is 17.8 Å². The predicted octanol–water partition coefficient (Wildman–Crippen LogP) is 1.68. The van der Waals surface area contributed by atoms with E-state index in [1.165, 1.54) is 31.9 Å². The van der Waals surface area contributed by atoms with Gasteiger partial charge in [0, 0.05) is 13.6 Å². The molecule has 2 saturated carbocycles. The zero-order valence-electron chi connectivity index (χ0n) is 11.2. The highest BCUT2D eigenvalue weighted by Gasteiger charge is 2.39. The van der Waals surface area contributed by atoms with Gasteiger partial charge in [-0.25, -0.2) is 4.98 Å². The average molecular weight is 260 g/mol. The molecule has 2 bridgehead atoms. The summed E-state index contributed by atoms with van der Waals surface area (Å²) in [6.07, 6.45) is 8.51. The van der Waals surface area contributed by atoms with E-state index in [9.17, 15) is 4.79 Å². The van der Waals surface area contributed by atoms with Crippen LogP contribution in [0.2, 0.25) is 0 Å². The van der Waals surface area contributed by atoms with Crippen molar-refractivity contribution in [1.29, 1.82) is 0 Å². The molecule has 1 aromatic heterocycles. The van der Waals surface area contributed by atoms with Crippen LogP contribution in [-0.4, -0.2) is 29.5 Å². The lowest BCUT2D eigenvalue weighted by atomic mass is 9.89. The van der Waals surface area contributed by atoms with Gasteiger partial charge >= 0.3 is 0 Å². The maximum atomic E-state index is 12.0. The number of aromatic nitrogens is 2. The van der Waals surface area contributed by atoms with Crippen molar-refractivity contribution in [2.24, 2.45) is 17.8 Å². The second-order valence-electron chi connectivity index (χ2n) is 5.68. The van der Waals surface area contributed by atoms with Crippen LogP contribution in [0.3, 0.4) is 0 Å². The lowest BCUT2D eigenvalue weighted by molar-refractivity contribution is 0.0936. The Morgan fingerprint density at radius 3 is 2.95 bits per heavy atom. The molecule has 3 rings (SSSR count). The van der Waals surface area contributed by atoms with Gasteiger partial charge in [-0.1, -0.05) is 6.42 Å². The van der Waals surface area contributed by atoms with Crippen molar-refractivity contribution in [3.63, 3.8) is 0 Å². The maximum Gasteiger partial charge on any atom is 0.271 e. The highest BCUT2D eigenvalue weighted by atomic mass is 16.1. The number of nitrogens with zero attached hydrogens (tertiary/aromatic N) is 2. The Morgan fingerprint density at radius 2 is 2.26 bits per heavy atom. The third-order valence-electron chi connectivity index (χ3n) is 4.53. The van der Waals surface area contributed by atoms with Gasteiger partial charge in [0.05, 0.1) is 12.4 Å². The number of hydrogen-bond donors (Lipinski definition) is 2. The highest BCUT2D eigenvalue weighted by molar-refractivity contribution is 5.92. The Bertz CT molecular complexity index is 476. The molecule has 2 aliphatic carbocycles. The average Bonchev–Trinajstić information content (AvgIpc) is 3.07. The molecular formula is C14H20N4O. The summed E-state index contributed by atoms with van der Waals surface area (Å²) in [5.41, 5.74) is 0.384. The summed E-state index contributed by atoms with van der Waals surface area (Å²) in [7, 11) is 1.76. The molecule has 3 unspecified atom stereocenters. The standard InChI is InChI=1S/C14H20N4O/c1-15-13-8-16-7-12(18-13)14(19)17-6-11-5-9-2-3-10(11)4-9/h7-11H,2-6H2,1H3,(H,15,18)(H,17,19). The number of nitrogens with one attached hydrogen (secondary N) is 2. The number of carbonyl (C=O) groups is 1. The summed E-state index contributed by atoms with van der Waals surface area (Å²) >= 11 is 0. The van der Waals surface area contributed by atoms with Gasteiger partial charge in [0.1, 0.15) is 11.5 Å². The van der Waals surface area contributed by atoms with Crippen LogP contribution in [0.5, 0.6) is 0 Å². The highest BCUT2D eigenvalue weighted by Crippen LogP contribution is 2.47. The molecule has 0 spiro atoms. The van der Waals surface area contributed by atoms with E-state index in [0.717, 1.165) is 18.4 Å². The molecule has 5 heteroatoms. The van der Waals surface area contributed by atoms with E-state index in [-0.39, 0.29) is 5.91 Å². The summed E-state index contributed by atoms with van der Waals surface area (Å²) in [6.45, 7) is 0.783. The summed E-state index contributed by atoms with van der Waals surface area (Å²) in [4.78, 5) is 20.2. The number of rotatable bonds is 4. The Balaban J connectivity index is 1.56. The predicted molar refractivity (Wildman–Crippen MR) is 72.8 cm³/mol. The van der Waals surface area contributed by atoms with E-state index < -0.39 is 0 Å². The lowest BCUT2D eigenvalue weighted by Gasteiger charge is -2.21. The van der Waals surface area contributed by atoms with Crippen LogP contribution < -0.4 is 10.6 Å². The van der Waals surface area contributed by atoms with Gasteiger partial charge in [0.2, 0.25) is 0 Å². The Kier molecular flexibility index (Phi) is 3.36. The van der Waals surface area contributed by atoms with Crippen molar-refractivity contribution in [2.75, 3.05) is 18.9 Å². The van der Waals surface area contributed by atoms with Gasteiger partial charge in [-0.2, -0.15) is 0 Å². The molecule has 2 aliphatic rings. The fourth-order valence-corrected chi connectivity index (χ4v) is 3.54. The van der Waals surface area contributed by atoms with Crippen molar-refractivity contribution < 1.29 is 4.79 Å². The monoisotopic (exact) mass is 260 g/mol. The van der Waals surface area contributed by atoms with Crippen LogP contribution in [-0.2, 0) is 0 Å². The molecule has 0 aliphatic heterocycles. The first kappa shape index (κ1) is 12.4. The molecule has 0 radical (unpaired) electrons. The maximum absolute atomic E-state index is 12.0. The topological polar surface area (TPSA) is 66.9 Å². The van der Waals surface area contributed by atoms with Crippen molar-refractivity contribution >= 4 is 11.7 Å². The first-order valence-corrected chi connectivity index (χ1v) is 7.04. The summed E-state index contributed by atoms with van der Waals surface area (Å²) in [6, 6.07) is 0. The van der Waals surface area contributed by atoms with Crippen molar-refractivity contribution in [3.8, 4) is 0 Å². The smallest absolute Gasteiger partial charge is 0.271 e. The van der Waals surface area contributed by atoms with E-state index in [1.54, 1.807) is 13.2 Å². The minimum Gasteiger partial charge on any atom is -0.372 e. The molecule has 5 nitrogen and oxygen atoms in total. The molecule has 19 heavy (non-hydrogen) atoms. The van der Waals surface area contributed by atoms with E-state index >= 15 is 0 Å². The van der Waals surface area contributed by atoms with Crippen LogP contribution in [0.4, 0.5) is 5.82 Å². The van der Waals surface area contributed by atoms with Crippen LogP contribution >= 0.6 is 0 Å². The van der Waals surface area contributed by atoms with Gasteiger partial charge < -0.3 is 10.6 Å². The molecule has 1 aromatic rings. The summed E-state index contributed by atoms with van der Waals surface area (Å²) in [5, 5.41) is 5.90. The van der Waals surface area contributed by atoms with E-state index in [0.29, 0.717) is 17.4 Å². The molecule has 0 aromatic carbocycles. The number of fused-ring (bicyclic) bond motifs is 2. The second-order valence-corrected chi connectivity index (χ2v) is 5.68. The summed E-state index contributed by atoms with van der Waals surface area (Å²) in [5.74, 6) is 2.92. The molecule has 102 valence electrons. The number of hydrogen-bond acceptors (Lipinski definition) is 4. The third kappa shape index (κ3) is 2.55. The van der Waals surface area contributed by atoms with Crippen molar-refractivity contribution in [3.05, 3.63) is 18.1 Å². The Hall–Kier alpha value is -1.65. The zero-order valence-corrected chi connectivity index (χ0v) is 11.2. The molecule has 1 heterocycles. The van der Waals surface area contributed by atoms with Crippen molar-refractivity contribution in [2.45, 2.75) is 25.7 Å². The van der Waals surface area contributed by atoms with Gasteiger partial charge in [0.15, 0.2) is 0 Å². The first-order valence-electron chi connectivity index (χ1n) is 7.04. The Labute approximate surface area is 113 Å². The number of carbonyl (C=O) groups excluding carboxylic acids is 1. The second kappa shape index (κ2) is 5.15.